The van der Waals surface area contributed by atoms with Crippen LogP contribution in [0, 0.1) is 5.92 Å². The van der Waals surface area contributed by atoms with Gasteiger partial charge in [-0.05, 0) is 37.3 Å². The van der Waals surface area contributed by atoms with Gasteiger partial charge >= 0.3 is 5.97 Å². The quantitative estimate of drug-likeness (QED) is 0.891. The monoisotopic (exact) mass is 337 g/mol. The van der Waals surface area contributed by atoms with E-state index in [2.05, 4.69) is 0 Å². The van der Waals surface area contributed by atoms with Crippen molar-refractivity contribution in [1.29, 1.82) is 0 Å². The maximum atomic E-state index is 12.5. The third-order valence-electron chi connectivity index (χ3n) is 5.23. The summed E-state index contributed by atoms with van der Waals surface area (Å²) in [6.45, 7) is 0.301. The zero-order valence-corrected chi connectivity index (χ0v) is 13.9. The van der Waals surface area contributed by atoms with Crippen LogP contribution < -0.4 is 0 Å². The van der Waals surface area contributed by atoms with Gasteiger partial charge in [-0.2, -0.15) is 0 Å². The average molecular weight is 337 g/mol. The van der Waals surface area contributed by atoms with Gasteiger partial charge in [-0.3, -0.25) is 9.69 Å². The third-order valence-corrected chi connectivity index (χ3v) is 6.94. The van der Waals surface area contributed by atoms with E-state index in [0.717, 1.165) is 25.7 Å². The van der Waals surface area contributed by atoms with Crippen LogP contribution in [-0.4, -0.2) is 48.8 Å². The minimum absolute atomic E-state index is 0.0238. The van der Waals surface area contributed by atoms with Crippen molar-refractivity contribution < 1.29 is 18.3 Å². The number of nitrogens with zero attached hydrogens (tertiary/aromatic N) is 1. The van der Waals surface area contributed by atoms with Gasteiger partial charge in [0.2, 0.25) is 0 Å². The summed E-state index contributed by atoms with van der Waals surface area (Å²) >= 11 is 0. The van der Waals surface area contributed by atoms with Crippen LogP contribution in [0.1, 0.15) is 32.1 Å². The van der Waals surface area contributed by atoms with Gasteiger partial charge in [-0.1, -0.05) is 31.0 Å². The van der Waals surface area contributed by atoms with Gasteiger partial charge in [0.1, 0.15) is 6.04 Å². The highest BCUT2D eigenvalue weighted by molar-refractivity contribution is 7.91. The fraction of sp³-hybridized carbons (Fsp3) is 0.588. The van der Waals surface area contributed by atoms with Crippen molar-refractivity contribution in [3.63, 3.8) is 0 Å². The summed E-state index contributed by atoms with van der Waals surface area (Å²) in [7, 11) is -3.37. The van der Waals surface area contributed by atoms with Gasteiger partial charge in [-0.25, -0.2) is 8.42 Å². The molecule has 1 N–H and O–H groups in total. The first-order chi connectivity index (χ1) is 11.0. The normalized spacial score (nSPS) is 28.4. The molecule has 0 bridgehead atoms. The lowest BCUT2D eigenvalue weighted by Crippen LogP contribution is -2.44. The van der Waals surface area contributed by atoms with Gasteiger partial charge in [0.15, 0.2) is 9.84 Å². The summed E-state index contributed by atoms with van der Waals surface area (Å²) in [4.78, 5) is 13.8. The van der Waals surface area contributed by atoms with Crippen molar-refractivity contribution in [3.05, 3.63) is 30.3 Å². The van der Waals surface area contributed by atoms with Crippen molar-refractivity contribution in [3.8, 4) is 0 Å². The van der Waals surface area contributed by atoms with Crippen molar-refractivity contribution in [2.75, 3.05) is 12.3 Å². The molecule has 2 fully saturated rings. The number of hydrogen-bond acceptors (Lipinski definition) is 4. The molecule has 6 heteroatoms. The molecule has 5 nitrogen and oxygen atoms in total. The molecular formula is C17H23NO4S. The molecule has 0 spiro atoms. The lowest BCUT2D eigenvalue weighted by atomic mass is 9.85. The van der Waals surface area contributed by atoms with Crippen molar-refractivity contribution in [1.82, 2.24) is 4.90 Å². The van der Waals surface area contributed by atoms with Crippen LogP contribution in [0.25, 0.3) is 0 Å². The summed E-state index contributed by atoms with van der Waals surface area (Å²) in [5, 5.41) is 9.49. The number of rotatable bonds is 5. The fourth-order valence-corrected chi connectivity index (χ4v) is 5.35. The molecule has 1 aliphatic carbocycles. The zero-order valence-electron chi connectivity index (χ0n) is 13.1. The number of hydrogen-bond donors (Lipinski definition) is 1. The molecule has 0 aromatic heterocycles. The molecule has 1 aromatic carbocycles. The van der Waals surface area contributed by atoms with E-state index in [1.807, 2.05) is 4.90 Å². The number of carboxylic acids is 1. The Morgan fingerprint density at radius 1 is 1.17 bits per heavy atom. The van der Waals surface area contributed by atoms with Crippen molar-refractivity contribution in [2.24, 2.45) is 5.92 Å². The average Bonchev–Trinajstić information content (AvgIpc) is 2.93. The molecule has 2 aliphatic rings. The summed E-state index contributed by atoms with van der Waals surface area (Å²) in [5.41, 5.74) is 0. The van der Waals surface area contributed by atoms with Gasteiger partial charge in [-0.15, -0.1) is 0 Å². The molecule has 1 aliphatic heterocycles. The molecule has 3 unspecified atom stereocenters. The van der Waals surface area contributed by atoms with Gasteiger partial charge in [0.25, 0.3) is 0 Å². The molecule has 126 valence electrons. The molecule has 0 radical (unpaired) electrons. The first-order valence-corrected chi connectivity index (χ1v) is 9.90. The summed E-state index contributed by atoms with van der Waals surface area (Å²) in [6, 6.07) is 8.09. The van der Waals surface area contributed by atoms with Crippen LogP contribution in [0.4, 0.5) is 0 Å². The number of fused-ring (bicyclic) bond motifs is 1. The highest BCUT2D eigenvalue weighted by atomic mass is 32.2. The molecule has 3 rings (SSSR count). The van der Waals surface area contributed by atoms with Gasteiger partial charge < -0.3 is 5.11 Å². The minimum Gasteiger partial charge on any atom is -0.480 e. The molecular weight excluding hydrogens is 314 g/mol. The number of likely N-dealkylation sites (tertiary alicyclic amines) is 1. The largest absolute Gasteiger partial charge is 0.480 e. The van der Waals surface area contributed by atoms with E-state index in [9.17, 15) is 18.3 Å². The second-order valence-corrected chi connectivity index (χ2v) is 8.68. The zero-order chi connectivity index (χ0) is 16.4. The van der Waals surface area contributed by atoms with Gasteiger partial charge in [0.05, 0.1) is 10.6 Å². The lowest BCUT2D eigenvalue weighted by Gasteiger charge is -2.32. The van der Waals surface area contributed by atoms with E-state index in [-0.39, 0.29) is 11.8 Å². The van der Waals surface area contributed by atoms with E-state index in [1.54, 1.807) is 30.3 Å². The molecule has 1 saturated heterocycles. The Morgan fingerprint density at radius 2 is 1.87 bits per heavy atom. The van der Waals surface area contributed by atoms with Crippen molar-refractivity contribution >= 4 is 15.8 Å². The Kier molecular flexibility index (Phi) is 4.73. The Morgan fingerprint density at radius 3 is 2.57 bits per heavy atom. The predicted octanol–water partition coefficient (Wildman–Crippen LogP) is 2.18. The summed E-state index contributed by atoms with van der Waals surface area (Å²) in [6.07, 6.45) is 4.97. The smallest absolute Gasteiger partial charge is 0.320 e. The first kappa shape index (κ1) is 16.5. The Labute approximate surface area is 137 Å². The van der Waals surface area contributed by atoms with E-state index in [0.29, 0.717) is 23.8 Å². The fourth-order valence-electron chi connectivity index (χ4n) is 4.09. The third kappa shape index (κ3) is 3.43. The SMILES string of the molecule is O=C(O)C1CC2CCCCC2N1CCS(=O)(=O)c1ccccc1. The Balaban J connectivity index is 1.73. The van der Waals surface area contributed by atoms with Crippen LogP contribution in [0.15, 0.2) is 35.2 Å². The standard InChI is InChI=1S/C17H23NO4S/c19-17(20)16-12-13-6-4-5-9-15(13)18(16)10-11-23(21,22)14-7-2-1-3-8-14/h1-3,7-8,13,15-16H,4-6,9-12H2,(H,19,20). The van der Waals surface area contributed by atoms with E-state index in [4.69, 9.17) is 0 Å². The molecule has 23 heavy (non-hydrogen) atoms. The number of carbonyl (C=O) groups is 1. The van der Waals surface area contributed by atoms with Crippen LogP contribution in [-0.2, 0) is 14.6 Å². The van der Waals surface area contributed by atoms with Crippen molar-refractivity contribution in [2.45, 2.75) is 49.1 Å². The highest BCUT2D eigenvalue weighted by Gasteiger charge is 2.45. The van der Waals surface area contributed by atoms with E-state index in [1.165, 1.54) is 0 Å². The maximum absolute atomic E-state index is 12.5. The first-order valence-electron chi connectivity index (χ1n) is 8.25. The van der Waals surface area contributed by atoms with Crippen LogP contribution >= 0.6 is 0 Å². The number of carboxylic acid groups (broad SMARTS) is 1. The Hall–Kier alpha value is -1.40. The number of benzene rings is 1. The Bertz CT molecular complexity index is 658. The topological polar surface area (TPSA) is 74.7 Å². The van der Waals surface area contributed by atoms with Crippen LogP contribution in [0.3, 0.4) is 0 Å². The molecule has 1 aromatic rings. The minimum atomic E-state index is -3.37. The van der Waals surface area contributed by atoms with Crippen LogP contribution in [0.2, 0.25) is 0 Å². The van der Waals surface area contributed by atoms with Crippen LogP contribution in [0.5, 0.6) is 0 Å². The van der Waals surface area contributed by atoms with E-state index >= 15 is 0 Å². The van der Waals surface area contributed by atoms with Gasteiger partial charge in [0, 0.05) is 12.6 Å². The lowest BCUT2D eigenvalue weighted by molar-refractivity contribution is -0.142. The predicted molar refractivity (Wildman–Crippen MR) is 87.0 cm³/mol. The molecule has 1 heterocycles. The summed E-state index contributed by atoms with van der Waals surface area (Å²) < 4.78 is 24.9. The number of sulfone groups is 1. The summed E-state index contributed by atoms with van der Waals surface area (Å²) in [5.74, 6) is -0.440. The highest BCUT2D eigenvalue weighted by Crippen LogP contribution is 2.39. The molecule has 1 saturated carbocycles. The molecule has 0 amide bonds. The maximum Gasteiger partial charge on any atom is 0.320 e. The second kappa shape index (κ2) is 6.61. The number of aliphatic carboxylic acids is 1. The van der Waals surface area contributed by atoms with E-state index < -0.39 is 21.8 Å². The molecule has 3 atom stereocenters. The second-order valence-electron chi connectivity index (χ2n) is 6.57.